The van der Waals surface area contributed by atoms with Crippen LogP contribution in [0, 0.1) is 0 Å². The first-order valence-electron chi connectivity index (χ1n) is 10.5. The van der Waals surface area contributed by atoms with Gasteiger partial charge >= 0.3 is 12.4 Å². The van der Waals surface area contributed by atoms with Crippen molar-refractivity contribution in [1.82, 2.24) is 24.9 Å². The summed E-state index contributed by atoms with van der Waals surface area (Å²) >= 11 is 0. The van der Waals surface area contributed by atoms with Gasteiger partial charge in [-0.05, 0) is 42.3 Å². The number of benzene rings is 1. The number of rotatable bonds is 4. The second-order valence-corrected chi connectivity index (χ2v) is 7.78. The molecule has 3 aromatic heterocycles. The first kappa shape index (κ1) is 23.5. The van der Waals surface area contributed by atoms with Crippen LogP contribution in [0.1, 0.15) is 17.0 Å². The number of fused-ring (bicyclic) bond motifs is 1. The third-order valence-corrected chi connectivity index (χ3v) is 5.30. The maximum atomic E-state index is 13.2. The van der Waals surface area contributed by atoms with E-state index >= 15 is 0 Å². The summed E-state index contributed by atoms with van der Waals surface area (Å²) < 4.78 is 79.0. The molecule has 0 aliphatic carbocycles. The van der Waals surface area contributed by atoms with Crippen molar-refractivity contribution in [3.8, 4) is 22.9 Å². The third kappa shape index (κ3) is 4.76. The van der Waals surface area contributed by atoms with Gasteiger partial charge in [0.25, 0.3) is 0 Å². The van der Waals surface area contributed by atoms with Crippen molar-refractivity contribution in [3.05, 3.63) is 71.7 Å². The van der Waals surface area contributed by atoms with Crippen LogP contribution in [0.2, 0.25) is 0 Å². The van der Waals surface area contributed by atoms with Gasteiger partial charge in [-0.15, -0.1) is 0 Å². The number of alkyl halides is 6. The van der Waals surface area contributed by atoms with Crippen molar-refractivity contribution in [3.63, 3.8) is 0 Å². The Morgan fingerprint density at radius 3 is 2.31 bits per heavy atom. The van der Waals surface area contributed by atoms with E-state index in [1.54, 1.807) is 12.1 Å². The average Bonchev–Trinajstić information content (AvgIpc) is 3.32. The van der Waals surface area contributed by atoms with E-state index < -0.39 is 23.7 Å². The van der Waals surface area contributed by atoms with Gasteiger partial charge in [0, 0.05) is 29.7 Å². The van der Waals surface area contributed by atoms with Crippen LogP contribution in [0.3, 0.4) is 0 Å². The Morgan fingerprint density at radius 1 is 0.778 bits per heavy atom. The smallest absolute Gasteiger partial charge is 0.384 e. The molecule has 0 amide bonds. The quantitative estimate of drug-likeness (QED) is 0.343. The number of hydrogen-bond donors (Lipinski definition) is 2. The molecule has 1 aromatic carbocycles. The minimum atomic E-state index is -4.69. The zero-order chi connectivity index (χ0) is 25.5. The highest BCUT2D eigenvalue weighted by Crippen LogP contribution is 2.35. The Labute approximate surface area is 199 Å². The molecule has 1 aliphatic rings. The highest BCUT2D eigenvalue weighted by Gasteiger charge is 2.33. The van der Waals surface area contributed by atoms with E-state index in [1.807, 2.05) is 6.07 Å². The molecule has 5 rings (SSSR count). The molecule has 184 valence electrons. The van der Waals surface area contributed by atoms with Crippen molar-refractivity contribution >= 4 is 17.3 Å². The van der Waals surface area contributed by atoms with E-state index in [9.17, 15) is 26.3 Å². The first-order chi connectivity index (χ1) is 17.1. The second-order valence-electron chi connectivity index (χ2n) is 7.78. The maximum Gasteiger partial charge on any atom is 0.433 e. The van der Waals surface area contributed by atoms with Gasteiger partial charge in [-0.25, -0.2) is 9.97 Å². The number of halogens is 6. The number of anilines is 3. The number of nitrogens with zero attached hydrogens (tertiary/aromatic N) is 5. The molecule has 36 heavy (non-hydrogen) atoms. The molecular weight excluding hydrogens is 488 g/mol. The van der Waals surface area contributed by atoms with Crippen LogP contribution in [0.5, 0.6) is 0 Å². The zero-order valence-corrected chi connectivity index (χ0v) is 18.1. The summed E-state index contributed by atoms with van der Waals surface area (Å²) in [6.07, 6.45) is -7.64. The second kappa shape index (κ2) is 8.73. The Hall–Kier alpha value is -4.29. The van der Waals surface area contributed by atoms with Gasteiger partial charge in [0.05, 0.1) is 0 Å². The van der Waals surface area contributed by atoms with Crippen molar-refractivity contribution in [2.75, 3.05) is 17.2 Å². The van der Waals surface area contributed by atoms with Gasteiger partial charge in [-0.2, -0.15) is 36.3 Å². The minimum absolute atomic E-state index is 0.0196. The van der Waals surface area contributed by atoms with Crippen LogP contribution in [0.4, 0.5) is 43.7 Å². The van der Waals surface area contributed by atoms with Crippen LogP contribution in [-0.4, -0.2) is 31.5 Å². The summed E-state index contributed by atoms with van der Waals surface area (Å²) in [5, 5.41) is 5.91. The lowest BCUT2D eigenvalue weighted by Crippen LogP contribution is -2.10. The molecule has 0 radical (unpaired) electrons. The van der Waals surface area contributed by atoms with Gasteiger partial charge in [0.15, 0.2) is 11.6 Å². The normalized spacial score (nSPS) is 13.3. The van der Waals surface area contributed by atoms with Gasteiger partial charge in [0.1, 0.15) is 17.1 Å². The van der Waals surface area contributed by atoms with E-state index in [2.05, 4.69) is 35.6 Å². The topological polar surface area (TPSA) is 88.5 Å². The fourth-order valence-electron chi connectivity index (χ4n) is 3.70. The predicted octanol–water partition coefficient (Wildman–Crippen LogP) is 5.74. The summed E-state index contributed by atoms with van der Waals surface area (Å²) in [4.78, 5) is 19.8. The van der Waals surface area contributed by atoms with E-state index in [-0.39, 0.29) is 29.0 Å². The fraction of sp³-hybridized carbons (Fsp3) is 0.174. The molecule has 0 spiro atoms. The van der Waals surface area contributed by atoms with Gasteiger partial charge in [-0.1, -0.05) is 18.2 Å². The van der Waals surface area contributed by atoms with Crippen molar-refractivity contribution in [2.24, 2.45) is 0 Å². The average molecular weight is 503 g/mol. The highest BCUT2D eigenvalue weighted by molar-refractivity contribution is 5.79. The Morgan fingerprint density at radius 2 is 1.53 bits per heavy atom. The molecule has 0 saturated carbocycles. The van der Waals surface area contributed by atoms with E-state index in [1.165, 1.54) is 18.2 Å². The first-order valence-corrected chi connectivity index (χ1v) is 10.5. The molecule has 0 atom stereocenters. The van der Waals surface area contributed by atoms with Crippen LogP contribution in [-0.2, 0) is 18.8 Å². The van der Waals surface area contributed by atoms with E-state index in [0.717, 1.165) is 36.0 Å². The van der Waals surface area contributed by atoms with Crippen molar-refractivity contribution in [2.45, 2.75) is 18.8 Å². The molecule has 0 fully saturated rings. The molecule has 0 bridgehead atoms. The van der Waals surface area contributed by atoms with Crippen LogP contribution < -0.4 is 10.6 Å². The summed E-state index contributed by atoms with van der Waals surface area (Å²) in [7, 11) is 0. The molecule has 7 nitrogen and oxygen atoms in total. The van der Waals surface area contributed by atoms with Gasteiger partial charge < -0.3 is 10.6 Å². The number of pyridine rings is 2. The Bertz CT molecular complexity index is 1440. The third-order valence-electron chi connectivity index (χ3n) is 5.30. The molecule has 2 N–H and O–H groups in total. The Kier molecular flexibility index (Phi) is 5.69. The standard InChI is InChI=1S/C23H15F6N7/c24-22(25,26)16-6-2-5-15(33-16)20-34-19(14-4-1-3-12-7-9-31-18(12)14)35-21(36-20)32-13-8-10-30-17(11-13)23(27,28)29/h1-6,8,10-11,31H,7,9H2,(H,30,32,34,35,36). The molecule has 0 unspecified atom stereocenters. The lowest BCUT2D eigenvalue weighted by molar-refractivity contribution is -0.141. The largest absolute Gasteiger partial charge is 0.433 e. The predicted molar refractivity (Wildman–Crippen MR) is 118 cm³/mol. The number of para-hydroxylation sites is 1. The summed E-state index contributed by atoms with van der Waals surface area (Å²) in [6, 6.07) is 10.8. The van der Waals surface area contributed by atoms with E-state index in [4.69, 9.17) is 0 Å². The van der Waals surface area contributed by atoms with Crippen molar-refractivity contribution in [1.29, 1.82) is 0 Å². The lowest BCUT2D eigenvalue weighted by Gasteiger charge is -2.13. The number of aromatic nitrogens is 5. The molecular formula is C23H15F6N7. The van der Waals surface area contributed by atoms with Crippen LogP contribution in [0.25, 0.3) is 22.9 Å². The SMILES string of the molecule is FC(F)(F)c1cc(Nc2nc(-c3cccc(C(F)(F)F)n3)nc(-c3cccc4c3NCC4)n2)ccn1. The zero-order valence-electron chi connectivity index (χ0n) is 18.1. The van der Waals surface area contributed by atoms with Gasteiger partial charge in [0.2, 0.25) is 5.95 Å². The maximum absolute atomic E-state index is 13.2. The summed E-state index contributed by atoms with van der Waals surface area (Å²) in [5.74, 6) is -0.253. The lowest BCUT2D eigenvalue weighted by atomic mass is 10.1. The number of nitrogens with one attached hydrogen (secondary N) is 2. The van der Waals surface area contributed by atoms with Gasteiger partial charge in [-0.3, -0.25) is 4.98 Å². The fourth-order valence-corrected chi connectivity index (χ4v) is 3.70. The molecule has 4 heterocycles. The number of hydrogen-bond acceptors (Lipinski definition) is 7. The highest BCUT2D eigenvalue weighted by atomic mass is 19.4. The van der Waals surface area contributed by atoms with Crippen LogP contribution in [0.15, 0.2) is 54.7 Å². The monoisotopic (exact) mass is 503 g/mol. The molecule has 13 heteroatoms. The van der Waals surface area contributed by atoms with E-state index in [0.29, 0.717) is 12.1 Å². The minimum Gasteiger partial charge on any atom is -0.384 e. The molecule has 0 saturated heterocycles. The Balaban J connectivity index is 1.63. The summed E-state index contributed by atoms with van der Waals surface area (Å²) in [5.41, 5.74) is -0.133. The van der Waals surface area contributed by atoms with Crippen molar-refractivity contribution < 1.29 is 26.3 Å². The molecule has 1 aliphatic heterocycles. The summed E-state index contributed by atoms with van der Waals surface area (Å²) in [6.45, 7) is 0.682. The van der Waals surface area contributed by atoms with Crippen LogP contribution >= 0.6 is 0 Å². The molecule has 4 aromatic rings.